The van der Waals surface area contributed by atoms with Crippen LogP contribution in [0.2, 0.25) is 0 Å². The third-order valence-corrected chi connectivity index (χ3v) is 5.88. The Kier molecular flexibility index (Phi) is 5.09. The third kappa shape index (κ3) is 3.96. The lowest BCUT2D eigenvalue weighted by molar-refractivity contribution is -0.121. The molecule has 4 rings (SSSR count). The molecule has 0 radical (unpaired) electrons. The molecule has 2 heterocycles. The number of amides is 1. The minimum Gasteiger partial charge on any atom is -0.381 e. The summed E-state index contributed by atoms with van der Waals surface area (Å²) < 4.78 is 5.37. The zero-order chi connectivity index (χ0) is 18.8. The third-order valence-electron chi connectivity index (χ3n) is 4.99. The SMILES string of the molecule is CO[C@H]1CC[C@@H](C(=O)Nc2cc3cc(-c4nnc(C)s4)ccc3nn2)CC1. The molecule has 2 aromatic heterocycles. The molecule has 27 heavy (non-hydrogen) atoms. The standard InChI is InChI=1S/C19H21N5O2S/c1-11-21-24-19(27-11)13-5-8-16-14(9-13)10-17(23-22-16)20-18(25)12-3-6-15(26-2)7-4-12/h5,8-10,12,15H,3-4,6-7H2,1-2H3,(H,20,23,25)/t12-,15+. The van der Waals surface area contributed by atoms with Gasteiger partial charge in [-0.15, -0.1) is 20.4 Å². The number of hydrogen-bond acceptors (Lipinski definition) is 7. The van der Waals surface area contributed by atoms with Crippen molar-refractivity contribution in [2.75, 3.05) is 12.4 Å². The topological polar surface area (TPSA) is 89.9 Å². The highest BCUT2D eigenvalue weighted by atomic mass is 32.1. The van der Waals surface area contributed by atoms with E-state index >= 15 is 0 Å². The highest BCUT2D eigenvalue weighted by Crippen LogP contribution is 2.28. The largest absolute Gasteiger partial charge is 0.381 e. The molecule has 1 aliphatic carbocycles. The average Bonchev–Trinajstić information content (AvgIpc) is 3.14. The Morgan fingerprint density at radius 1 is 1.11 bits per heavy atom. The Hall–Kier alpha value is -2.45. The fourth-order valence-electron chi connectivity index (χ4n) is 3.44. The van der Waals surface area contributed by atoms with Gasteiger partial charge in [-0.2, -0.15) is 0 Å². The summed E-state index contributed by atoms with van der Waals surface area (Å²) in [5.74, 6) is 0.491. The van der Waals surface area contributed by atoms with Gasteiger partial charge in [0.1, 0.15) is 10.0 Å². The van der Waals surface area contributed by atoms with Crippen LogP contribution in [0, 0.1) is 12.8 Å². The fraction of sp³-hybridized carbons (Fsp3) is 0.421. The summed E-state index contributed by atoms with van der Waals surface area (Å²) in [6.45, 7) is 1.93. The van der Waals surface area contributed by atoms with E-state index in [1.54, 1.807) is 18.4 Å². The number of ether oxygens (including phenoxy) is 1. The second-order valence-corrected chi connectivity index (χ2v) is 8.01. The Morgan fingerprint density at radius 2 is 1.93 bits per heavy atom. The van der Waals surface area contributed by atoms with Crippen LogP contribution in [-0.4, -0.2) is 39.5 Å². The lowest BCUT2D eigenvalue weighted by Crippen LogP contribution is -2.29. The predicted molar refractivity (Wildman–Crippen MR) is 105 cm³/mol. The number of hydrogen-bond donors (Lipinski definition) is 1. The van der Waals surface area contributed by atoms with Crippen molar-refractivity contribution >= 4 is 34.0 Å². The van der Waals surface area contributed by atoms with Crippen LogP contribution in [0.5, 0.6) is 0 Å². The van der Waals surface area contributed by atoms with Crippen LogP contribution in [0.15, 0.2) is 24.3 Å². The molecule has 1 aromatic carbocycles. The van der Waals surface area contributed by atoms with Crippen molar-refractivity contribution in [1.82, 2.24) is 20.4 Å². The van der Waals surface area contributed by atoms with E-state index < -0.39 is 0 Å². The quantitative estimate of drug-likeness (QED) is 0.740. The van der Waals surface area contributed by atoms with Gasteiger partial charge in [0.15, 0.2) is 5.82 Å². The van der Waals surface area contributed by atoms with Gasteiger partial charge >= 0.3 is 0 Å². The van der Waals surface area contributed by atoms with Gasteiger partial charge in [0, 0.05) is 24.0 Å². The highest BCUT2D eigenvalue weighted by Gasteiger charge is 2.26. The number of carbonyl (C=O) groups is 1. The molecule has 1 aliphatic rings. The van der Waals surface area contributed by atoms with Crippen LogP contribution < -0.4 is 5.32 Å². The van der Waals surface area contributed by atoms with Gasteiger partial charge in [-0.05, 0) is 56.9 Å². The summed E-state index contributed by atoms with van der Waals surface area (Å²) in [6, 6.07) is 7.73. The molecule has 8 heteroatoms. The number of carbonyl (C=O) groups excluding carboxylic acids is 1. The van der Waals surface area contributed by atoms with Crippen LogP contribution in [0.1, 0.15) is 30.7 Å². The van der Waals surface area contributed by atoms with Gasteiger partial charge < -0.3 is 10.1 Å². The van der Waals surface area contributed by atoms with Crippen molar-refractivity contribution in [1.29, 1.82) is 0 Å². The van der Waals surface area contributed by atoms with Gasteiger partial charge in [0.25, 0.3) is 0 Å². The fourth-order valence-corrected chi connectivity index (χ4v) is 4.13. The first-order valence-corrected chi connectivity index (χ1v) is 9.85. The van der Waals surface area contributed by atoms with Crippen molar-refractivity contribution in [3.63, 3.8) is 0 Å². The molecule has 0 bridgehead atoms. The molecule has 1 amide bonds. The normalized spacial score (nSPS) is 19.9. The Labute approximate surface area is 161 Å². The lowest BCUT2D eigenvalue weighted by Gasteiger charge is -2.26. The molecule has 1 saturated carbocycles. The summed E-state index contributed by atoms with van der Waals surface area (Å²) in [4.78, 5) is 12.6. The Balaban J connectivity index is 1.51. The number of aryl methyl sites for hydroxylation is 1. The summed E-state index contributed by atoms with van der Waals surface area (Å²) in [6.07, 6.45) is 3.79. The summed E-state index contributed by atoms with van der Waals surface area (Å²) in [5, 5.41) is 22.3. The number of anilines is 1. The predicted octanol–water partition coefficient (Wildman–Crippen LogP) is 3.60. The average molecular weight is 383 g/mol. The van der Waals surface area contributed by atoms with E-state index in [9.17, 15) is 4.79 Å². The van der Waals surface area contributed by atoms with Crippen molar-refractivity contribution < 1.29 is 9.53 Å². The minimum absolute atomic E-state index is 0.00426. The molecule has 0 spiro atoms. The monoisotopic (exact) mass is 383 g/mol. The Morgan fingerprint density at radius 3 is 2.63 bits per heavy atom. The summed E-state index contributed by atoms with van der Waals surface area (Å²) in [7, 11) is 1.73. The van der Waals surface area contributed by atoms with Gasteiger partial charge in [-0.3, -0.25) is 4.79 Å². The first-order valence-electron chi connectivity index (χ1n) is 9.04. The maximum absolute atomic E-state index is 12.6. The molecule has 3 aromatic rings. The maximum Gasteiger partial charge on any atom is 0.228 e. The molecule has 140 valence electrons. The van der Waals surface area contributed by atoms with E-state index in [1.165, 1.54) is 0 Å². The number of benzene rings is 1. The molecular formula is C19H21N5O2S. The molecule has 1 N–H and O–H groups in total. The smallest absolute Gasteiger partial charge is 0.228 e. The van der Waals surface area contributed by atoms with Gasteiger partial charge in [0.2, 0.25) is 5.91 Å². The van der Waals surface area contributed by atoms with Gasteiger partial charge in [-0.25, -0.2) is 0 Å². The summed E-state index contributed by atoms with van der Waals surface area (Å²) in [5.41, 5.74) is 1.76. The maximum atomic E-state index is 12.6. The minimum atomic E-state index is 0.00426. The van der Waals surface area contributed by atoms with Crippen molar-refractivity contribution in [3.8, 4) is 10.6 Å². The van der Waals surface area contributed by atoms with Crippen LogP contribution >= 0.6 is 11.3 Å². The van der Waals surface area contributed by atoms with Crippen molar-refractivity contribution in [2.24, 2.45) is 5.92 Å². The zero-order valence-corrected chi connectivity index (χ0v) is 16.1. The first-order chi connectivity index (χ1) is 13.1. The molecule has 1 fully saturated rings. The molecule has 7 nitrogen and oxygen atoms in total. The number of fused-ring (bicyclic) bond motifs is 1. The highest BCUT2D eigenvalue weighted by molar-refractivity contribution is 7.14. The second kappa shape index (κ2) is 7.66. The molecule has 0 aliphatic heterocycles. The van der Waals surface area contributed by atoms with E-state index in [2.05, 4.69) is 25.7 Å². The van der Waals surface area contributed by atoms with E-state index in [0.717, 1.165) is 52.2 Å². The van der Waals surface area contributed by atoms with Gasteiger partial charge in [-0.1, -0.05) is 11.3 Å². The van der Waals surface area contributed by atoms with E-state index in [1.807, 2.05) is 31.2 Å². The van der Waals surface area contributed by atoms with Gasteiger partial charge in [0.05, 0.1) is 11.6 Å². The summed E-state index contributed by atoms with van der Waals surface area (Å²) >= 11 is 1.55. The number of nitrogens with zero attached hydrogens (tertiary/aromatic N) is 4. The first kappa shape index (κ1) is 17.9. The molecular weight excluding hydrogens is 362 g/mol. The molecule has 0 unspecified atom stereocenters. The molecule has 0 atom stereocenters. The van der Waals surface area contributed by atoms with Crippen LogP contribution in [-0.2, 0) is 9.53 Å². The number of methoxy groups -OCH3 is 1. The Bertz CT molecular complexity index is 966. The lowest BCUT2D eigenvalue weighted by atomic mass is 9.87. The van der Waals surface area contributed by atoms with E-state index in [-0.39, 0.29) is 17.9 Å². The zero-order valence-electron chi connectivity index (χ0n) is 15.3. The van der Waals surface area contributed by atoms with Crippen molar-refractivity contribution in [2.45, 2.75) is 38.7 Å². The van der Waals surface area contributed by atoms with E-state index in [0.29, 0.717) is 5.82 Å². The molecule has 0 saturated heterocycles. The number of rotatable bonds is 4. The van der Waals surface area contributed by atoms with E-state index in [4.69, 9.17) is 4.74 Å². The number of nitrogens with one attached hydrogen (secondary N) is 1. The van der Waals surface area contributed by atoms with Crippen LogP contribution in [0.4, 0.5) is 5.82 Å². The van der Waals surface area contributed by atoms with Crippen molar-refractivity contribution in [3.05, 3.63) is 29.3 Å². The van der Waals surface area contributed by atoms with Crippen LogP contribution in [0.25, 0.3) is 21.5 Å². The second-order valence-electron chi connectivity index (χ2n) is 6.83. The number of aromatic nitrogens is 4. The van der Waals surface area contributed by atoms with Crippen LogP contribution in [0.3, 0.4) is 0 Å².